The zero-order valence-corrected chi connectivity index (χ0v) is 8.40. The number of hydrogen-bond donors (Lipinski definition) is 0. The number of rotatable bonds is 3. The SMILES string of the molecule is O=C(CCl)c1cc(F)ccc1OC(F)(F)F. The molecule has 0 aliphatic carbocycles. The van der Waals surface area contributed by atoms with E-state index in [1.54, 1.807) is 0 Å². The van der Waals surface area contributed by atoms with Crippen molar-refractivity contribution in [1.82, 2.24) is 0 Å². The van der Waals surface area contributed by atoms with Gasteiger partial charge in [0.25, 0.3) is 0 Å². The Morgan fingerprint density at radius 1 is 1.38 bits per heavy atom. The highest BCUT2D eigenvalue weighted by Crippen LogP contribution is 2.27. The molecule has 1 aromatic rings. The van der Waals surface area contributed by atoms with Gasteiger partial charge in [-0.2, -0.15) is 0 Å². The van der Waals surface area contributed by atoms with Crippen molar-refractivity contribution in [2.75, 3.05) is 5.88 Å². The van der Waals surface area contributed by atoms with Crippen molar-refractivity contribution in [3.8, 4) is 5.75 Å². The van der Waals surface area contributed by atoms with E-state index in [1.165, 1.54) is 0 Å². The largest absolute Gasteiger partial charge is 0.573 e. The third-order valence-corrected chi connectivity index (χ3v) is 1.83. The van der Waals surface area contributed by atoms with E-state index >= 15 is 0 Å². The molecule has 0 amide bonds. The van der Waals surface area contributed by atoms with Gasteiger partial charge >= 0.3 is 6.36 Å². The highest BCUT2D eigenvalue weighted by Gasteiger charge is 2.32. The molecule has 1 aromatic carbocycles. The first-order valence-corrected chi connectivity index (χ1v) is 4.51. The van der Waals surface area contributed by atoms with Gasteiger partial charge in [0, 0.05) is 0 Å². The van der Waals surface area contributed by atoms with Crippen LogP contribution in [-0.4, -0.2) is 18.0 Å². The Labute approximate surface area is 92.8 Å². The Balaban J connectivity index is 3.13. The lowest BCUT2D eigenvalue weighted by Crippen LogP contribution is -2.19. The first-order chi connectivity index (χ1) is 7.33. The summed E-state index contributed by atoms with van der Waals surface area (Å²) in [5.74, 6) is -3.01. The molecule has 0 aliphatic heterocycles. The minimum atomic E-state index is -4.95. The van der Waals surface area contributed by atoms with Crippen LogP contribution in [0.3, 0.4) is 0 Å². The quantitative estimate of drug-likeness (QED) is 0.472. The van der Waals surface area contributed by atoms with Crippen LogP contribution in [0, 0.1) is 5.82 Å². The maximum absolute atomic E-state index is 12.7. The van der Waals surface area contributed by atoms with Gasteiger partial charge in [0.1, 0.15) is 11.6 Å². The molecule has 0 aromatic heterocycles. The van der Waals surface area contributed by atoms with Crippen LogP contribution in [0.1, 0.15) is 10.4 Å². The third-order valence-electron chi connectivity index (χ3n) is 1.59. The molecule has 16 heavy (non-hydrogen) atoms. The van der Waals surface area contributed by atoms with Crippen molar-refractivity contribution < 1.29 is 27.1 Å². The van der Waals surface area contributed by atoms with Gasteiger partial charge in [0.05, 0.1) is 11.4 Å². The first-order valence-electron chi connectivity index (χ1n) is 3.98. The number of carbonyl (C=O) groups is 1. The number of ketones is 1. The van der Waals surface area contributed by atoms with Gasteiger partial charge in [0.15, 0.2) is 5.78 Å². The van der Waals surface area contributed by atoms with Gasteiger partial charge in [-0.15, -0.1) is 24.8 Å². The van der Waals surface area contributed by atoms with E-state index in [1.807, 2.05) is 0 Å². The number of halogens is 5. The summed E-state index contributed by atoms with van der Waals surface area (Å²) >= 11 is 5.17. The van der Waals surface area contributed by atoms with Crippen LogP contribution in [0.15, 0.2) is 18.2 Å². The number of hydrogen-bond acceptors (Lipinski definition) is 2. The summed E-state index contributed by atoms with van der Waals surface area (Å²) in [4.78, 5) is 11.1. The normalized spacial score (nSPS) is 11.3. The van der Waals surface area contributed by atoms with E-state index in [4.69, 9.17) is 11.6 Å². The second kappa shape index (κ2) is 4.69. The Bertz CT molecular complexity index is 403. The van der Waals surface area contributed by atoms with E-state index in [2.05, 4.69) is 4.74 Å². The fourth-order valence-electron chi connectivity index (χ4n) is 1.01. The van der Waals surface area contributed by atoms with E-state index in [9.17, 15) is 22.4 Å². The van der Waals surface area contributed by atoms with Crippen LogP contribution >= 0.6 is 11.6 Å². The first kappa shape index (κ1) is 12.8. The predicted octanol–water partition coefficient (Wildman–Crippen LogP) is 3.15. The fraction of sp³-hybridized carbons (Fsp3) is 0.222. The summed E-state index contributed by atoms with van der Waals surface area (Å²) in [7, 11) is 0. The van der Waals surface area contributed by atoms with E-state index < -0.39 is 35.2 Å². The molecule has 0 radical (unpaired) electrons. The van der Waals surface area contributed by atoms with E-state index in [-0.39, 0.29) is 0 Å². The monoisotopic (exact) mass is 256 g/mol. The van der Waals surface area contributed by atoms with Crippen molar-refractivity contribution in [2.24, 2.45) is 0 Å². The minimum Gasteiger partial charge on any atom is -0.405 e. The summed E-state index contributed by atoms with van der Waals surface area (Å²) < 4.78 is 52.1. The highest BCUT2D eigenvalue weighted by molar-refractivity contribution is 6.30. The summed E-state index contributed by atoms with van der Waals surface area (Å²) in [5, 5.41) is 0. The topological polar surface area (TPSA) is 26.3 Å². The summed E-state index contributed by atoms with van der Waals surface area (Å²) in [6.07, 6.45) is -4.95. The molecule has 1 rings (SSSR count). The maximum atomic E-state index is 12.7. The van der Waals surface area contributed by atoms with Crippen LogP contribution in [-0.2, 0) is 0 Å². The average Bonchev–Trinajstić information content (AvgIpc) is 2.17. The Hall–Kier alpha value is -1.30. The number of benzene rings is 1. The smallest absolute Gasteiger partial charge is 0.405 e. The van der Waals surface area contributed by atoms with Gasteiger partial charge in [-0.05, 0) is 18.2 Å². The number of alkyl halides is 4. The Morgan fingerprint density at radius 3 is 2.50 bits per heavy atom. The molecule has 0 bridgehead atoms. The van der Waals surface area contributed by atoms with Crippen molar-refractivity contribution in [2.45, 2.75) is 6.36 Å². The maximum Gasteiger partial charge on any atom is 0.573 e. The molecule has 7 heteroatoms. The highest BCUT2D eigenvalue weighted by atomic mass is 35.5. The minimum absolute atomic E-state index is 0.535. The lowest BCUT2D eigenvalue weighted by Gasteiger charge is -2.11. The van der Waals surface area contributed by atoms with Crippen LogP contribution in [0.4, 0.5) is 17.6 Å². The predicted molar refractivity (Wildman–Crippen MR) is 48.1 cm³/mol. The van der Waals surface area contributed by atoms with Crippen molar-refractivity contribution in [1.29, 1.82) is 0 Å². The van der Waals surface area contributed by atoms with Crippen LogP contribution < -0.4 is 4.74 Å². The third kappa shape index (κ3) is 3.37. The van der Waals surface area contributed by atoms with Gasteiger partial charge in [-0.25, -0.2) is 4.39 Å². The molecule has 88 valence electrons. The number of carbonyl (C=O) groups excluding carboxylic acids is 1. The fourth-order valence-corrected chi connectivity index (χ4v) is 1.15. The summed E-state index contributed by atoms with van der Waals surface area (Å²) in [6.45, 7) is 0. The summed E-state index contributed by atoms with van der Waals surface area (Å²) in [6, 6.07) is 2.13. The lowest BCUT2D eigenvalue weighted by molar-refractivity contribution is -0.274. The molecule has 0 unspecified atom stereocenters. The van der Waals surface area contributed by atoms with Gasteiger partial charge in [-0.1, -0.05) is 0 Å². The van der Waals surface area contributed by atoms with Crippen molar-refractivity contribution in [3.05, 3.63) is 29.6 Å². The number of Topliss-reactive ketones (excluding diaryl/α,β-unsaturated/α-hetero) is 1. The van der Waals surface area contributed by atoms with Gasteiger partial charge in [0.2, 0.25) is 0 Å². The molecule has 0 fully saturated rings. The molecule has 0 aliphatic rings. The number of ether oxygens (including phenoxy) is 1. The van der Waals surface area contributed by atoms with Crippen LogP contribution in [0.2, 0.25) is 0 Å². The molecule has 2 nitrogen and oxygen atoms in total. The molecule has 0 heterocycles. The van der Waals surface area contributed by atoms with Crippen molar-refractivity contribution >= 4 is 17.4 Å². The Kier molecular flexibility index (Phi) is 3.74. The molecule has 0 saturated heterocycles. The molecule has 0 spiro atoms. The van der Waals surface area contributed by atoms with E-state index in [0.29, 0.717) is 6.07 Å². The summed E-state index contributed by atoms with van der Waals surface area (Å²) in [5.41, 5.74) is -0.535. The van der Waals surface area contributed by atoms with Gasteiger partial charge < -0.3 is 4.74 Å². The Morgan fingerprint density at radius 2 is 2.00 bits per heavy atom. The van der Waals surface area contributed by atoms with Crippen molar-refractivity contribution in [3.63, 3.8) is 0 Å². The molecule has 0 atom stereocenters. The standard InChI is InChI=1S/C9H5ClF4O2/c10-4-7(15)6-3-5(11)1-2-8(6)16-9(12,13)14/h1-3H,4H2. The zero-order chi connectivity index (χ0) is 12.3. The zero-order valence-electron chi connectivity index (χ0n) is 7.65. The van der Waals surface area contributed by atoms with Gasteiger partial charge in [-0.3, -0.25) is 4.79 Å². The molecule has 0 N–H and O–H groups in total. The second-order valence-corrected chi connectivity index (χ2v) is 3.01. The van der Waals surface area contributed by atoms with Crippen LogP contribution in [0.5, 0.6) is 5.75 Å². The lowest BCUT2D eigenvalue weighted by atomic mass is 10.1. The molecular weight excluding hydrogens is 252 g/mol. The average molecular weight is 257 g/mol. The van der Waals surface area contributed by atoms with Crippen LogP contribution in [0.25, 0.3) is 0 Å². The van der Waals surface area contributed by atoms with E-state index in [0.717, 1.165) is 12.1 Å². The second-order valence-electron chi connectivity index (χ2n) is 2.75. The molecule has 0 saturated carbocycles. The molecular formula is C9H5ClF4O2.